The van der Waals surface area contributed by atoms with Gasteiger partial charge in [-0.3, -0.25) is 14.7 Å². The molecule has 0 saturated carbocycles. The van der Waals surface area contributed by atoms with E-state index in [2.05, 4.69) is 20.1 Å². The highest BCUT2D eigenvalue weighted by Gasteiger charge is 2.19. The van der Waals surface area contributed by atoms with Gasteiger partial charge in [0, 0.05) is 32.4 Å². The van der Waals surface area contributed by atoms with Crippen molar-refractivity contribution in [3.63, 3.8) is 0 Å². The monoisotopic (exact) mass is 384 g/mol. The van der Waals surface area contributed by atoms with Crippen LogP contribution in [0.3, 0.4) is 0 Å². The number of nitrogens with one attached hydrogen (secondary N) is 1. The van der Waals surface area contributed by atoms with E-state index in [0.29, 0.717) is 18.3 Å². The van der Waals surface area contributed by atoms with Gasteiger partial charge in [-0.05, 0) is 36.3 Å². The average molecular weight is 385 g/mol. The van der Waals surface area contributed by atoms with Gasteiger partial charge in [0.15, 0.2) is 5.11 Å². The SMILES string of the molecule is O=C(CN1CCCN(C(=S)Nc2cccnc2)CC1)OCc1ccccc1. The van der Waals surface area contributed by atoms with E-state index < -0.39 is 0 Å². The molecule has 1 fully saturated rings. The van der Waals surface area contributed by atoms with Crippen molar-refractivity contribution >= 4 is 29.0 Å². The number of carbonyl (C=O) groups excluding carboxylic acids is 1. The number of carbonyl (C=O) groups is 1. The summed E-state index contributed by atoms with van der Waals surface area (Å²) >= 11 is 5.52. The van der Waals surface area contributed by atoms with Gasteiger partial charge in [-0.25, -0.2) is 0 Å². The van der Waals surface area contributed by atoms with Crippen molar-refractivity contribution < 1.29 is 9.53 Å². The van der Waals surface area contributed by atoms with Crippen molar-refractivity contribution in [2.45, 2.75) is 13.0 Å². The van der Waals surface area contributed by atoms with Crippen LogP contribution in [0.4, 0.5) is 5.69 Å². The Hall–Kier alpha value is -2.51. The van der Waals surface area contributed by atoms with Crippen LogP contribution in [0.15, 0.2) is 54.9 Å². The predicted octanol–water partition coefficient (Wildman–Crippen LogP) is 2.53. The van der Waals surface area contributed by atoms with Crippen LogP contribution in [0, 0.1) is 0 Å². The zero-order chi connectivity index (χ0) is 18.9. The molecule has 0 atom stereocenters. The van der Waals surface area contributed by atoms with Crippen molar-refractivity contribution in [1.82, 2.24) is 14.8 Å². The van der Waals surface area contributed by atoms with Crippen LogP contribution in [-0.4, -0.2) is 58.6 Å². The fourth-order valence-corrected chi connectivity index (χ4v) is 3.24. The number of esters is 1. The molecule has 1 saturated heterocycles. The van der Waals surface area contributed by atoms with Gasteiger partial charge >= 0.3 is 5.97 Å². The lowest BCUT2D eigenvalue weighted by molar-refractivity contribution is -0.146. The quantitative estimate of drug-likeness (QED) is 0.628. The molecule has 0 radical (unpaired) electrons. The molecule has 1 aromatic carbocycles. The Morgan fingerprint density at radius 2 is 1.96 bits per heavy atom. The van der Waals surface area contributed by atoms with E-state index in [-0.39, 0.29) is 5.97 Å². The number of pyridine rings is 1. The van der Waals surface area contributed by atoms with E-state index in [9.17, 15) is 4.79 Å². The Bertz CT molecular complexity index is 742. The Morgan fingerprint density at radius 1 is 1.11 bits per heavy atom. The number of hydrogen-bond acceptors (Lipinski definition) is 5. The average Bonchev–Trinajstić information content (AvgIpc) is 2.94. The molecule has 142 valence electrons. The van der Waals surface area contributed by atoms with E-state index in [1.807, 2.05) is 42.5 Å². The van der Waals surface area contributed by atoms with Gasteiger partial charge in [-0.1, -0.05) is 30.3 Å². The summed E-state index contributed by atoms with van der Waals surface area (Å²) in [5.41, 5.74) is 1.88. The zero-order valence-electron chi connectivity index (χ0n) is 15.2. The molecular formula is C20H24N4O2S. The number of thiocarbonyl (C=S) groups is 1. The highest BCUT2D eigenvalue weighted by Crippen LogP contribution is 2.09. The van der Waals surface area contributed by atoms with Crippen LogP contribution >= 0.6 is 12.2 Å². The summed E-state index contributed by atoms with van der Waals surface area (Å²) in [6.07, 6.45) is 4.43. The lowest BCUT2D eigenvalue weighted by Gasteiger charge is -2.24. The topological polar surface area (TPSA) is 57.7 Å². The van der Waals surface area contributed by atoms with Crippen LogP contribution < -0.4 is 5.32 Å². The van der Waals surface area contributed by atoms with Crippen molar-refractivity contribution in [2.75, 3.05) is 38.0 Å². The van der Waals surface area contributed by atoms with E-state index in [4.69, 9.17) is 17.0 Å². The molecule has 1 aromatic heterocycles. The second-order valence-corrected chi connectivity index (χ2v) is 6.82. The molecule has 0 aliphatic carbocycles. The third kappa shape index (κ3) is 6.30. The normalized spacial score (nSPS) is 15.0. The second kappa shape index (κ2) is 9.99. The Morgan fingerprint density at radius 3 is 2.74 bits per heavy atom. The van der Waals surface area contributed by atoms with Crippen molar-refractivity contribution in [3.8, 4) is 0 Å². The Labute approximate surface area is 165 Å². The maximum absolute atomic E-state index is 12.1. The number of aromatic nitrogens is 1. The standard InChI is InChI=1S/C20H24N4O2S/c25-19(26-16-17-6-2-1-3-7-17)15-23-10-5-11-24(13-12-23)20(27)22-18-8-4-9-21-14-18/h1-4,6-9,14H,5,10-13,15-16H2,(H,22,27). The summed E-state index contributed by atoms with van der Waals surface area (Å²) in [7, 11) is 0. The molecule has 2 aromatic rings. The fraction of sp³-hybridized carbons (Fsp3) is 0.350. The van der Waals surface area contributed by atoms with Crippen LogP contribution in [0.1, 0.15) is 12.0 Å². The summed E-state index contributed by atoms with van der Waals surface area (Å²) in [6.45, 7) is 3.89. The first-order valence-corrected chi connectivity index (χ1v) is 9.49. The molecule has 1 N–H and O–H groups in total. The van der Waals surface area contributed by atoms with Gasteiger partial charge < -0.3 is 15.0 Å². The third-order valence-electron chi connectivity index (χ3n) is 4.38. The van der Waals surface area contributed by atoms with Crippen molar-refractivity contribution in [3.05, 3.63) is 60.4 Å². The van der Waals surface area contributed by atoms with Gasteiger partial charge in [0.1, 0.15) is 6.61 Å². The molecule has 1 aliphatic rings. The highest BCUT2D eigenvalue weighted by atomic mass is 32.1. The molecule has 0 unspecified atom stereocenters. The van der Waals surface area contributed by atoms with Crippen LogP contribution in [0.25, 0.3) is 0 Å². The summed E-state index contributed by atoms with van der Waals surface area (Å²) in [5, 5.41) is 3.91. The van der Waals surface area contributed by atoms with Crippen LogP contribution in [0.5, 0.6) is 0 Å². The number of nitrogens with zero attached hydrogens (tertiary/aromatic N) is 3. The van der Waals surface area contributed by atoms with Gasteiger partial charge in [-0.2, -0.15) is 0 Å². The highest BCUT2D eigenvalue weighted by molar-refractivity contribution is 7.80. The van der Waals surface area contributed by atoms with Gasteiger partial charge in [0.2, 0.25) is 0 Å². The number of benzene rings is 1. The number of rotatable bonds is 5. The van der Waals surface area contributed by atoms with E-state index in [0.717, 1.165) is 43.9 Å². The lowest BCUT2D eigenvalue weighted by Crippen LogP contribution is -2.39. The molecule has 1 aliphatic heterocycles. The molecule has 7 heteroatoms. The predicted molar refractivity (Wildman–Crippen MR) is 109 cm³/mol. The maximum atomic E-state index is 12.1. The molecule has 0 spiro atoms. The Kier molecular flexibility index (Phi) is 7.12. The van der Waals surface area contributed by atoms with Crippen molar-refractivity contribution in [2.24, 2.45) is 0 Å². The lowest BCUT2D eigenvalue weighted by atomic mass is 10.2. The number of hydrogen-bond donors (Lipinski definition) is 1. The summed E-state index contributed by atoms with van der Waals surface area (Å²) in [4.78, 5) is 20.5. The van der Waals surface area contributed by atoms with Gasteiger partial charge in [0.05, 0.1) is 18.4 Å². The molecule has 0 bridgehead atoms. The second-order valence-electron chi connectivity index (χ2n) is 6.43. The smallest absolute Gasteiger partial charge is 0.320 e. The van der Waals surface area contributed by atoms with Gasteiger partial charge in [0.25, 0.3) is 0 Å². The largest absolute Gasteiger partial charge is 0.460 e. The molecule has 3 rings (SSSR count). The van der Waals surface area contributed by atoms with Gasteiger partial charge in [-0.15, -0.1) is 0 Å². The van der Waals surface area contributed by atoms with E-state index >= 15 is 0 Å². The summed E-state index contributed by atoms with van der Waals surface area (Å²) in [6, 6.07) is 13.5. The summed E-state index contributed by atoms with van der Waals surface area (Å²) in [5.74, 6) is -0.191. The van der Waals surface area contributed by atoms with Crippen LogP contribution in [-0.2, 0) is 16.1 Å². The first kappa shape index (κ1) is 19.3. The summed E-state index contributed by atoms with van der Waals surface area (Å²) < 4.78 is 5.39. The minimum atomic E-state index is -0.191. The molecule has 2 heterocycles. The number of ether oxygens (including phenoxy) is 1. The first-order valence-electron chi connectivity index (χ1n) is 9.08. The minimum absolute atomic E-state index is 0.191. The first-order chi connectivity index (χ1) is 13.2. The van der Waals surface area contributed by atoms with E-state index in [1.54, 1.807) is 12.4 Å². The zero-order valence-corrected chi connectivity index (χ0v) is 16.0. The van der Waals surface area contributed by atoms with Crippen molar-refractivity contribution in [1.29, 1.82) is 0 Å². The molecular weight excluding hydrogens is 360 g/mol. The van der Waals surface area contributed by atoms with E-state index in [1.165, 1.54) is 0 Å². The third-order valence-corrected chi connectivity index (χ3v) is 4.74. The fourth-order valence-electron chi connectivity index (χ4n) is 2.94. The maximum Gasteiger partial charge on any atom is 0.320 e. The molecule has 6 nitrogen and oxygen atoms in total. The van der Waals surface area contributed by atoms with Crippen LogP contribution in [0.2, 0.25) is 0 Å². The minimum Gasteiger partial charge on any atom is -0.460 e. The Balaban J connectivity index is 1.42. The number of anilines is 1. The molecule has 27 heavy (non-hydrogen) atoms. The molecule has 0 amide bonds.